The van der Waals surface area contributed by atoms with E-state index in [2.05, 4.69) is 137 Å². The molecule has 3 aromatic rings. The molecule has 2 heteroatoms. The Labute approximate surface area is 204 Å². The zero-order valence-electron chi connectivity index (χ0n) is 21.0. The second-order valence-corrected chi connectivity index (χ2v) is 16.2. The molecule has 3 rings (SSSR count). The second kappa shape index (κ2) is 10.3. The number of benzene rings is 3. The molecule has 0 unspecified atom stereocenters. The Morgan fingerprint density at radius 2 is 0.781 bits per heavy atom. The van der Waals surface area contributed by atoms with Gasteiger partial charge in [-0.2, -0.15) is 0 Å². The van der Waals surface area contributed by atoms with E-state index < -0.39 is 5.51 Å². The molecule has 170 valence electrons. The van der Waals surface area contributed by atoms with Crippen molar-refractivity contribution in [3.8, 4) is 0 Å². The molecule has 0 aromatic heterocycles. The molecule has 0 aliphatic rings. The summed E-state index contributed by atoms with van der Waals surface area (Å²) in [6.07, 6.45) is 0. The van der Waals surface area contributed by atoms with E-state index in [1.54, 1.807) is 10.6 Å². The number of hydrogen-bond donors (Lipinski definition) is 0. The van der Waals surface area contributed by atoms with Gasteiger partial charge in [-0.1, -0.05) is 0 Å². The first-order valence-electron chi connectivity index (χ1n) is 12.0. The SMILES string of the molecule is CC(C)c1cccc(C(C)C)c1P(=[Se])(c1ccccc1)c1c(C(C)C)cccc1C(C)C. The molecule has 0 saturated carbocycles. The summed E-state index contributed by atoms with van der Waals surface area (Å²) in [6.45, 7) is 18.7. The van der Waals surface area contributed by atoms with Gasteiger partial charge in [0.2, 0.25) is 0 Å². The van der Waals surface area contributed by atoms with Gasteiger partial charge >= 0.3 is 205 Å². The van der Waals surface area contributed by atoms with Crippen molar-refractivity contribution >= 4 is 36.5 Å². The van der Waals surface area contributed by atoms with Crippen molar-refractivity contribution in [1.82, 2.24) is 0 Å². The molecule has 0 fully saturated rings. The van der Waals surface area contributed by atoms with Crippen LogP contribution >= 0.6 is 5.51 Å². The quantitative estimate of drug-likeness (QED) is 0.228. The normalized spacial score (nSPS) is 12.4. The first-order chi connectivity index (χ1) is 15.1. The van der Waals surface area contributed by atoms with E-state index in [9.17, 15) is 0 Å². The molecule has 0 spiro atoms. The van der Waals surface area contributed by atoms with E-state index in [4.69, 9.17) is 0 Å². The molecule has 0 aliphatic heterocycles. The molecule has 0 saturated heterocycles. The summed E-state index contributed by atoms with van der Waals surface area (Å²) in [5.41, 5.74) is 3.93. The molecule has 0 amide bonds. The van der Waals surface area contributed by atoms with E-state index in [1.807, 2.05) is 0 Å². The minimum absolute atomic E-state index is 0.467. The van der Waals surface area contributed by atoms with Gasteiger partial charge in [0, 0.05) is 0 Å². The Bertz CT molecular complexity index is 987. The average Bonchev–Trinajstić information content (AvgIpc) is 2.77. The Kier molecular flexibility index (Phi) is 8.09. The molecule has 0 radical (unpaired) electrons. The molecule has 0 N–H and O–H groups in total. The molecule has 0 heterocycles. The van der Waals surface area contributed by atoms with Crippen molar-refractivity contribution in [2.75, 3.05) is 0 Å². The summed E-state index contributed by atoms with van der Waals surface area (Å²) >= 11 is 3.93. The summed E-state index contributed by atoms with van der Waals surface area (Å²) in [7, 11) is 0. The molecular formula is C30H39PSe. The van der Waals surface area contributed by atoms with Gasteiger partial charge in [-0.3, -0.25) is 0 Å². The Hall–Kier alpha value is -1.39. The van der Waals surface area contributed by atoms with Gasteiger partial charge in [-0.05, 0) is 0 Å². The van der Waals surface area contributed by atoms with E-state index in [0.717, 1.165) is 0 Å². The third-order valence-electron chi connectivity index (χ3n) is 6.43. The van der Waals surface area contributed by atoms with Gasteiger partial charge in [0.25, 0.3) is 0 Å². The van der Waals surface area contributed by atoms with Gasteiger partial charge in [-0.25, -0.2) is 0 Å². The minimum atomic E-state index is -2.02. The van der Waals surface area contributed by atoms with Gasteiger partial charge in [0.15, 0.2) is 0 Å². The number of hydrogen-bond acceptors (Lipinski definition) is 0. The van der Waals surface area contributed by atoms with Crippen molar-refractivity contribution in [3.05, 3.63) is 89.0 Å². The first kappa shape index (κ1) is 25.2. The molecule has 0 nitrogen and oxygen atoms in total. The average molecular weight is 510 g/mol. The molecule has 0 atom stereocenters. The van der Waals surface area contributed by atoms with E-state index in [-0.39, 0.29) is 0 Å². The van der Waals surface area contributed by atoms with Gasteiger partial charge in [0.1, 0.15) is 0 Å². The fraction of sp³-hybridized carbons (Fsp3) is 0.400. The molecule has 32 heavy (non-hydrogen) atoms. The van der Waals surface area contributed by atoms with Crippen molar-refractivity contribution in [2.24, 2.45) is 0 Å². The van der Waals surface area contributed by atoms with Crippen LogP contribution in [0.25, 0.3) is 0 Å². The van der Waals surface area contributed by atoms with Crippen LogP contribution in [0.3, 0.4) is 0 Å². The summed E-state index contributed by atoms with van der Waals surface area (Å²) in [5.74, 6) is 1.87. The van der Waals surface area contributed by atoms with Crippen LogP contribution in [-0.4, -0.2) is 15.1 Å². The van der Waals surface area contributed by atoms with Gasteiger partial charge < -0.3 is 0 Å². The van der Waals surface area contributed by atoms with Crippen LogP contribution in [0.5, 0.6) is 0 Å². The van der Waals surface area contributed by atoms with E-state index in [0.29, 0.717) is 23.7 Å². The standard InChI is InChI=1S/C30H39PSe/c1-20(2)25-16-12-17-26(21(3)4)29(25)31(32,24-14-10-9-11-15-24)30-27(22(5)6)18-13-19-28(30)23(7)8/h9-23H,1-8H3. The predicted octanol–water partition coefficient (Wildman–Crippen LogP) is 7.56. The van der Waals surface area contributed by atoms with Crippen molar-refractivity contribution < 1.29 is 0 Å². The van der Waals surface area contributed by atoms with Crippen LogP contribution in [0.2, 0.25) is 0 Å². The second-order valence-electron chi connectivity index (χ2n) is 10.1. The van der Waals surface area contributed by atoms with Crippen LogP contribution in [0.15, 0.2) is 66.7 Å². The fourth-order valence-electron chi connectivity index (χ4n) is 4.76. The van der Waals surface area contributed by atoms with Crippen molar-refractivity contribution in [3.63, 3.8) is 0 Å². The monoisotopic (exact) mass is 510 g/mol. The van der Waals surface area contributed by atoms with Crippen LogP contribution in [-0.2, 0) is 0 Å². The Morgan fingerprint density at radius 1 is 0.469 bits per heavy atom. The van der Waals surface area contributed by atoms with Crippen LogP contribution in [0.4, 0.5) is 0 Å². The molecular weight excluding hydrogens is 470 g/mol. The topological polar surface area (TPSA) is 0 Å². The van der Waals surface area contributed by atoms with E-state index >= 15 is 0 Å². The summed E-state index contributed by atoms with van der Waals surface area (Å²) in [6, 6.07) is 25.3. The molecule has 3 aromatic carbocycles. The molecule has 0 aliphatic carbocycles. The van der Waals surface area contributed by atoms with Crippen molar-refractivity contribution in [2.45, 2.75) is 79.1 Å². The Morgan fingerprint density at radius 3 is 1.06 bits per heavy atom. The van der Waals surface area contributed by atoms with Crippen LogP contribution < -0.4 is 15.9 Å². The van der Waals surface area contributed by atoms with Crippen LogP contribution in [0, 0.1) is 0 Å². The Balaban J connectivity index is 2.61. The first-order valence-corrected chi connectivity index (χ1v) is 16.0. The molecule has 0 bridgehead atoms. The van der Waals surface area contributed by atoms with Gasteiger partial charge in [0.05, 0.1) is 0 Å². The third kappa shape index (κ3) is 4.63. The summed E-state index contributed by atoms with van der Waals surface area (Å²) < 4.78 is 0. The van der Waals surface area contributed by atoms with E-state index in [1.165, 1.54) is 27.6 Å². The summed E-state index contributed by atoms with van der Waals surface area (Å²) in [4.78, 5) is 0. The number of rotatable bonds is 7. The van der Waals surface area contributed by atoms with Crippen molar-refractivity contribution in [1.29, 1.82) is 0 Å². The maximum atomic E-state index is 3.93. The predicted molar refractivity (Wildman–Crippen MR) is 147 cm³/mol. The zero-order chi connectivity index (χ0) is 23.6. The van der Waals surface area contributed by atoms with Crippen LogP contribution in [0.1, 0.15) is 101 Å². The fourth-order valence-corrected chi connectivity index (χ4v) is 12.3. The summed E-state index contributed by atoms with van der Waals surface area (Å²) in [5, 5.41) is 4.56. The zero-order valence-corrected chi connectivity index (χ0v) is 23.6. The third-order valence-corrected chi connectivity index (χ3v) is 13.4. The maximum absolute atomic E-state index is 3.93. The van der Waals surface area contributed by atoms with Gasteiger partial charge in [-0.15, -0.1) is 0 Å².